The second-order valence-corrected chi connectivity index (χ2v) is 13.3. The lowest BCUT2D eigenvalue weighted by Gasteiger charge is -2.29. The fraction of sp³-hybridized carbons (Fsp3) is 0. The summed E-state index contributed by atoms with van der Waals surface area (Å²) >= 11 is 0. The summed E-state index contributed by atoms with van der Waals surface area (Å²) in [5.41, 5.74) is 10.8. The maximum absolute atomic E-state index is 6.33. The predicted molar refractivity (Wildman–Crippen MR) is 224 cm³/mol. The molecule has 0 saturated carbocycles. The summed E-state index contributed by atoms with van der Waals surface area (Å²) in [6.45, 7) is 0. The molecule has 53 heavy (non-hydrogen) atoms. The Balaban J connectivity index is 1.11. The van der Waals surface area contributed by atoms with E-state index in [1.54, 1.807) is 0 Å². The van der Waals surface area contributed by atoms with Gasteiger partial charge < -0.3 is 14.2 Å². The van der Waals surface area contributed by atoms with Crippen molar-refractivity contribution < 1.29 is 4.42 Å². The molecule has 0 aliphatic heterocycles. The van der Waals surface area contributed by atoms with Crippen molar-refractivity contribution in [1.82, 2.24) is 0 Å². The zero-order valence-corrected chi connectivity index (χ0v) is 28.9. The van der Waals surface area contributed by atoms with Crippen LogP contribution < -0.4 is 9.80 Å². The van der Waals surface area contributed by atoms with E-state index in [1.165, 1.54) is 32.7 Å². The molecule has 0 aliphatic carbocycles. The summed E-state index contributed by atoms with van der Waals surface area (Å²) in [4.78, 5) is 4.68. The Bertz CT molecular complexity index is 2860. The molecule has 1 heterocycles. The maximum atomic E-state index is 6.33. The topological polar surface area (TPSA) is 19.6 Å². The molecule has 3 nitrogen and oxygen atoms in total. The molecule has 0 radical (unpaired) electrons. The first-order valence-corrected chi connectivity index (χ1v) is 18.0. The molecule has 0 fully saturated rings. The van der Waals surface area contributed by atoms with Gasteiger partial charge in [0, 0.05) is 50.0 Å². The maximum Gasteiger partial charge on any atom is 0.136 e. The van der Waals surface area contributed by atoms with Crippen LogP contribution in [0.25, 0.3) is 54.6 Å². The molecule has 250 valence electrons. The van der Waals surface area contributed by atoms with Gasteiger partial charge in [0.25, 0.3) is 0 Å². The highest BCUT2D eigenvalue weighted by molar-refractivity contribution is 6.27. The molecule has 10 aromatic rings. The fourth-order valence-corrected chi connectivity index (χ4v) is 7.79. The number of hydrogen-bond acceptors (Lipinski definition) is 3. The highest BCUT2D eigenvalue weighted by Gasteiger charge is 2.20. The molecule has 1 aromatic heterocycles. The average Bonchev–Trinajstić information content (AvgIpc) is 3.62. The molecule has 0 unspecified atom stereocenters. The van der Waals surface area contributed by atoms with Crippen LogP contribution in [0.1, 0.15) is 0 Å². The van der Waals surface area contributed by atoms with E-state index >= 15 is 0 Å². The van der Waals surface area contributed by atoms with Gasteiger partial charge in [0.15, 0.2) is 0 Å². The molecule has 0 amide bonds. The number of anilines is 6. The van der Waals surface area contributed by atoms with Crippen molar-refractivity contribution in [3.8, 4) is 11.1 Å². The quantitative estimate of drug-likeness (QED) is 0.156. The largest absolute Gasteiger partial charge is 0.456 e. The zero-order chi connectivity index (χ0) is 35.1. The normalized spacial score (nSPS) is 11.4. The standard InChI is InChI=1S/C50H34N2O/c1-4-13-35(14-5-1)36-23-27-40(28-24-36)51(38-15-6-2-7-16-38)41-29-31-42(32-30-41)52(39-17-8-3-9-18-39)46-21-12-20-44-43(46)33-25-37-26-34-48-50(49(37)44)45-19-10-11-22-47(45)53-48/h1-34H. The van der Waals surface area contributed by atoms with Gasteiger partial charge in [-0.2, -0.15) is 0 Å². The first-order valence-electron chi connectivity index (χ1n) is 18.0. The molecule has 0 spiro atoms. The Kier molecular flexibility index (Phi) is 7.47. The lowest BCUT2D eigenvalue weighted by atomic mass is 9.96. The highest BCUT2D eigenvalue weighted by atomic mass is 16.3. The van der Waals surface area contributed by atoms with Gasteiger partial charge in [0.05, 0.1) is 5.69 Å². The summed E-state index contributed by atoms with van der Waals surface area (Å²) in [6, 6.07) is 73.3. The third kappa shape index (κ3) is 5.38. The van der Waals surface area contributed by atoms with E-state index < -0.39 is 0 Å². The minimum absolute atomic E-state index is 0.907. The molecule has 0 atom stereocenters. The van der Waals surface area contributed by atoms with Crippen LogP contribution in [0.3, 0.4) is 0 Å². The minimum atomic E-state index is 0.907. The summed E-state index contributed by atoms with van der Waals surface area (Å²) < 4.78 is 6.33. The van der Waals surface area contributed by atoms with Gasteiger partial charge in [-0.05, 0) is 101 Å². The monoisotopic (exact) mass is 678 g/mol. The summed E-state index contributed by atoms with van der Waals surface area (Å²) in [7, 11) is 0. The van der Waals surface area contributed by atoms with Gasteiger partial charge >= 0.3 is 0 Å². The van der Waals surface area contributed by atoms with Crippen molar-refractivity contribution in [3.63, 3.8) is 0 Å². The number of nitrogens with zero attached hydrogens (tertiary/aromatic N) is 2. The number of furan rings is 1. The summed E-state index contributed by atoms with van der Waals surface area (Å²) in [5, 5.41) is 7.08. The SMILES string of the molecule is c1ccc(-c2ccc(N(c3ccccc3)c3ccc(N(c4ccccc4)c4cccc5c4ccc4ccc6oc7ccccc7c6c45)cc3)cc2)cc1. The van der Waals surface area contributed by atoms with E-state index in [0.29, 0.717) is 0 Å². The second-order valence-electron chi connectivity index (χ2n) is 13.3. The van der Waals surface area contributed by atoms with Crippen molar-refractivity contribution in [1.29, 1.82) is 0 Å². The minimum Gasteiger partial charge on any atom is -0.456 e. The number of benzene rings is 9. The van der Waals surface area contributed by atoms with Crippen LogP contribution in [0.2, 0.25) is 0 Å². The van der Waals surface area contributed by atoms with E-state index in [0.717, 1.165) is 56.1 Å². The Labute approximate surface area is 308 Å². The lowest BCUT2D eigenvalue weighted by Crippen LogP contribution is -2.12. The smallest absolute Gasteiger partial charge is 0.136 e. The zero-order valence-electron chi connectivity index (χ0n) is 28.9. The first kappa shape index (κ1) is 30.7. The number of fused-ring (bicyclic) bond motifs is 7. The van der Waals surface area contributed by atoms with Crippen LogP contribution in [0.5, 0.6) is 0 Å². The molecule has 9 aromatic carbocycles. The van der Waals surface area contributed by atoms with Crippen LogP contribution >= 0.6 is 0 Å². The van der Waals surface area contributed by atoms with Gasteiger partial charge in [0.1, 0.15) is 11.2 Å². The molecule has 10 rings (SSSR count). The van der Waals surface area contributed by atoms with Crippen molar-refractivity contribution in [2.75, 3.05) is 9.80 Å². The Morgan fingerprint density at radius 1 is 0.283 bits per heavy atom. The van der Waals surface area contributed by atoms with Gasteiger partial charge in [-0.3, -0.25) is 0 Å². The van der Waals surface area contributed by atoms with E-state index in [9.17, 15) is 0 Å². The third-order valence-corrected chi connectivity index (χ3v) is 10.2. The van der Waals surface area contributed by atoms with Gasteiger partial charge in [-0.25, -0.2) is 0 Å². The third-order valence-electron chi connectivity index (χ3n) is 10.2. The van der Waals surface area contributed by atoms with E-state index in [-0.39, 0.29) is 0 Å². The Morgan fingerprint density at radius 2 is 0.792 bits per heavy atom. The first-order chi connectivity index (χ1) is 26.3. The van der Waals surface area contributed by atoms with Crippen LogP contribution in [0.4, 0.5) is 34.1 Å². The van der Waals surface area contributed by atoms with Gasteiger partial charge in [-0.15, -0.1) is 0 Å². The van der Waals surface area contributed by atoms with Crippen molar-refractivity contribution in [2.24, 2.45) is 0 Å². The van der Waals surface area contributed by atoms with Crippen molar-refractivity contribution in [3.05, 3.63) is 206 Å². The van der Waals surface area contributed by atoms with Gasteiger partial charge in [0.2, 0.25) is 0 Å². The number of para-hydroxylation sites is 3. The average molecular weight is 679 g/mol. The van der Waals surface area contributed by atoms with Crippen LogP contribution in [0.15, 0.2) is 211 Å². The second kappa shape index (κ2) is 12.9. The predicted octanol–water partition coefficient (Wildman–Crippen LogP) is 14.5. The molecular formula is C50H34N2O. The number of rotatable bonds is 7. The Hall–Kier alpha value is -7.10. The van der Waals surface area contributed by atoms with Crippen LogP contribution in [0, 0.1) is 0 Å². The Morgan fingerprint density at radius 3 is 1.49 bits per heavy atom. The highest BCUT2D eigenvalue weighted by Crippen LogP contribution is 2.44. The lowest BCUT2D eigenvalue weighted by molar-refractivity contribution is 0.669. The van der Waals surface area contributed by atoms with E-state index in [2.05, 4.69) is 210 Å². The molecule has 0 N–H and O–H groups in total. The van der Waals surface area contributed by atoms with Gasteiger partial charge in [-0.1, -0.05) is 127 Å². The molecule has 3 heteroatoms. The van der Waals surface area contributed by atoms with Crippen LogP contribution in [-0.2, 0) is 0 Å². The molecule has 0 bridgehead atoms. The van der Waals surface area contributed by atoms with Crippen molar-refractivity contribution >= 4 is 77.6 Å². The molecule has 0 aliphatic rings. The number of hydrogen-bond donors (Lipinski definition) is 0. The summed E-state index contributed by atoms with van der Waals surface area (Å²) in [6.07, 6.45) is 0. The fourth-order valence-electron chi connectivity index (χ4n) is 7.79. The molecular weight excluding hydrogens is 645 g/mol. The molecule has 0 saturated heterocycles. The van der Waals surface area contributed by atoms with E-state index in [1.807, 2.05) is 6.07 Å². The summed E-state index contributed by atoms with van der Waals surface area (Å²) in [5.74, 6) is 0. The van der Waals surface area contributed by atoms with Crippen LogP contribution in [-0.4, -0.2) is 0 Å². The van der Waals surface area contributed by atoms with E-state index in [4.69, 9.17) is 4.42 Å². The van der Waals surface area contributed by atoms with Crippen molar-refractivity contribution in [2.45, 2.75) is 0 Å².